The summed E-state index contributed by atoms with van der Waals surface area (Å²) in [5.74, 6) is 0.772. The zero-order valence-electron chi connectivity index (χ0n) is 10.4. The Morgan fingerprint density at radius 2 is 1.94 bits per heavy atom. The van der Waals surface area contributed by atoms with Gasteiger partial charge in [-0.2, -0.15) is 0 Å². The van der Waals surface area contributed by atoms with E-state index in [2.05, 4.69) is 22.9 Å². The second-order valence-corrected chi connectivity index (χ2v) is 5.45. The molecule has 92 valence electrons. The number of nitrogen functional groups attached to an aromatic ring is 1. The Bertz CT molecular complexity index is 432. The Hall–Kier alpha value is -1.42. The van der Waals surface area contributed by atoms with Gasteiger partial charge in [0.2, 0.25) is 0 Å². The van der Waals surface area contributed by atoms with Crippen LogP contribution in [0.1, 0.15) is 0 Å². The van der Waals surface area contributed by atoms with Crippen molar-refractivity contribution in [1.82, 2.24) is 4.90 Å². The minimum absolute atomic E-state index is 0.559. The van der Waals surface area contributed by atoms with Gasteiger partial charge >= 0.3 is 0 Å². The van der Waals surface area contributed by atoms with E-state index >= 15 is 0 Å². The summed E-state index contributed by atoms with van der Waals surface area (Å²) in [6.07, 6.45) is 0. The number of rotatable bonds is 2. The number of ether oxygens (including phenoxy) is 1. The van der Waals surface area contributed by atoms with Crippen molar-refractivity contribution in [3.8, 4) is 5.75 Å². The van der Waals surface area contributed by atoms with Crippen LogP contribution in [0.25, 0.3) is 0 Å². The molecule has 0 radical (unpaired) electrons. The summed E-state index contributed by atoms with van der Waals surface area (Å²) in [6, 6.07) is 6.03. The van der Waals surface area contributed by atoms with Crippen molar-refractivity contribution in [3.05, 3.63) is 18.2 Å². The van der Waals surface area contributed by atoms with Crippen molar-refractivity contribution in [1.29, 1.82) is 0 Å². The lowest BCUT2D eigenvalue weighted by Crippen LogP contribution is -2.71. The Balaban J connectivity index is 1.70. The number of methoxy groups -OCH3 is 1. The van der Waals surface area contributed by atoms with Gasteiger partial charge in [-0.15, -0.1) is 0 Å². The molecule has 2 heterocycles. The molecule has 4 heteroatoms. The first-order valence-corrected chi connectivity index (χ1v) is 5.99. The predicted molar refractivity (Wildman–Crippen MR) is 69.5 cm³/mol. The van der Waals surface area contributed by atoms with Crippen molar-refractivity contribution in [3.63, 3.8) is 0 Å². The number of nitrogens with two attached hydrogens (primary N) is 1. The minimum Gasteiger partial charge on any atom is -0.495 e. The lowest BCUT2D eigenvalue weighted by Gasteiger charge is -2.60. The summed E-state index contributed by atoms with van der Waals surface area (Å²) in [7, 11) is 3.84. The quantitative estimate of drug-likeness (QED) is 0.775. The van der Waals surface area contributed by atoms with Crippen molar-refractivity contribution in [2.24, 2.45) is 5.41 Å². The molecule has 0 aliphatic carbocycles. The fraction of sp³-hybridized carbons (Fsp3) is 0.538. The third-order valence-electron chi connectivity index (χ3n) is 3.85. The van der Waals surface area contributed by atoms with E-state index in [9.17, 15) is 0 Å². The highest BCUT2D eigenvalue weighted by Crippen LogP contribution is 2.42. The molecule has 2 N–H and O–H groups in total. The molecule has 0 bridgehead atoms. The molecule has 17 heavy (non-hydrogen) atoms. The second kappa shape index (κ2) is 3.53. The molecule has 1 aromatic rings. The van der Waals surface area contributed by atoms with Crippen molar-refractivity contribution in [2.45, 2.75) is 0 Å². The smallest absolute Gasteiger partial charge is 0.143 e. The van der Waals surface area contributed by atoms with E-state index in [0.29, 0.717) is 11.1 Å². The lowest BCUT2D eigenvalue weighted by atomic mass is 9.73. The van der Waals surface area contributed by atoms with Crippen LogP contribution < -0.4 is 15.4 Å². The number of likely N-dealkylation sites (tertiary alicyclic amines) is 1. The van der Waals surface area contributed by atoms with E-state index in [4.69, 9.17) is 10.5 Å². The molecule has 0 aromatic heterocycles. The van der Waals surface area contributed by atoms with Gasteiger partial charge in [0.05, 0.1) is 12.8 Å². The van der Waals surface area contributed by atoms with Gasteiger partial charge in [-0.05, 0) is 19.2 Å². The standard InChI is InChI=1S/C13H19N3O/c1-15-6-13(7-15)8-16(9-13)10-3-4-11(14)12(5-10)17-2/h3-5H,6-9,14H2,1-2H3. The van der Waals surface area contributed by atoms with Crippen LogP contribution in [0, 0.1) is 5.41 Å². The first-order chi connectivity index (χ1) is 8.12. The summed E-state index contributed by atoms with van der Waals surface area (Å²) < 4.78 is 5.25. The highest BCUT2D eigenvalue weighted by molar-refractivity contribution is 5.63. The van der Waals surface area contributed by atoms with Crippen molar-refractivity contribution < 1.29 is 4.74 Å². The molecule has 0 saturated carbocycles. The van der Waals surface area contributed by atoms with Gasteiger partial charge in [-0.3, -0.25) is 0 Å². The Kier molecular flexibility index (Phi) is 2.23. The van der Waals surface area contributed by atoms with Crippen LogP contribution in [0.5, 0.6) is 5.75 Å². The third-order valence-corrected chi connectivity index (χ3v) is 3.85. The zero-order chi connectivity index (χ0) is 12.0. The number of benzene rings is 1. The van der Waals surface area contributed by atoms with Crippen molar-refractivity contribution in [2.75, 3.05) is 51.0 Å². The molecule has 0 atom stereocenters. The first-order valence-electron chi connectivity index (χ1n) is 5.99. The molecule has 3 rings (SSSR count). The molecule has 2 aliphatic rings. The monoisotopic (exact) mass is 233 g/mol. The molecule has 0 unspecified atom stereocenters. The van der Waals surface area contributed by atoms with Gasteiger partial charge in [0, 0.05) is 43.3 Å². The first kappa shape index (κ1) is 10.7. The molecule has 4 nitrogen and oxygen atoms in total. The van der Waals surface area contributed by atoms with Gasteiger partial charge in [-0.25, -0.2) is 0 Å². The van der Waals surface area contributed by atoms with E-state index in [-0.39, 0.29) is 0 Å². The van der Waals surface area contributed by atoms with Crippen LogP contribution in [-0.2, 0) is 0 Å². The van der Waals surface area contributed by atoms with E-state index < -0.39 is 0 Å². The molecule has 2 saturated heterocycles. The fourth-order valence-corrected chi connectivity index (χ4v) is 3.14. The van der Waals surface area contributed by atoms with Gasteiger partial charge in [0.15, 0.2) is 0 Å². The third kappa shape index (κ3) is 1.63. The summed E-state index contributed by atoms with van der Waals surface area (Å²) in [4.78, 5) is 4.77. The minimum atomic E-state index is 0.559. The lowest BCUT2D eigenvalue weighted by molar-refractivity contribution is -0.00240. The predicted octanol–water partition coefficient (Wildman–Crippen LogP) is 1.03. The molecular formula is C13H19N3O. The maximum atomic E-state index is 5.82. The molecule has 2 fully saturated rings. The maximum absolute atomic E-state index is 5.82. The van der Waals surface area contributed by atoms with E-state index in [1.807, 2.05) is 12.1 Å². The van der Waals surface area contributed by atoms with Crippen molar-refractivity contribution >= 4 is 11.4 Å². The van der Waals surface area contributed by atoms with Gasteiger partial charge < -0.3 is 20.3 Å². The summed E-state index contributed by atoms with van der Waals surface area (Å²) in [5.41, 5.74) is 8.30. The van der Waals surface area contributed by atoms with E-state index in [1.165, 1.54) is 18.8 Å². The topological polar surface area (TPSA) is 41.7 Å². The van der Waals surface area contributed by atoms with Crippen LogP contribution in [-0.4, -0.2) is 45.2 Å². The highest BCUT2D eigenvalue weighted by atomic mass is 16.5. The maximum Gasteiger partial charge on any atom is 0.143 e. The van der Waals surface area contributed by atoms with Gasteiger partial charge in [0.25, 0.3) is 0 Å². The Morgan fingerprint density at radius 1 is 1.24 bits per heavy atom. The molecular weight excluding hydrogens is 214 g/mol. The normalized spacial score (nSPS) is 22.1. The largest absolute Gasteiger partial charge is 0.495 e. The Labute approximate surface area is 102 Å². The molecule has 0 amide bonds. The van der Waals surface area contributed by atoms with Crippen LogP contribution in [0.3, 0.4) is 0 Å². The zero-order valence-corrected chi connectivity index (χ0v) is 10.4. The average molecular weight is 233 g/mol. The van der Waals surface area contributed by atoms with E-state index in [1.54, 1.807) is 7.11 Å². The van der Waals surface area contributed by atoms with Gasteiger partial charge in [0.1, 0.15) is 5.75 Å². The van der Waals surface area contributed by atoms with Crippen LogP contribution >= 0.6 is 0 Å². The SMILES string of the molecule is COc1cc(N2CC3(CN(C)C3)C2)ccc1N. The summed E-state index contributed by atoms with van der Waals surface area (Å²) >= 11 is 0. The van der Waals surface area contributed by atoms with Crippen LogP contribution in [0.15, 0.2) is 18.2 Å². The second-order valence-electron chi connectivity index (χ2n) is 5.45. The molecule has 1 spiro atoms. The summed E-state index contributed by atoms with van der Waals surface area (Å²) in [5, 5.41) is 0. The van der Waals surface area contributed by atoms with Crippen LogP contribution in [0.2, 0.25) is 0 Å². The van der Waals surface area contributed by atoms with Gasteiger partial charge in [-0.1, -0.05) is 0 Å². The number of nitrogens with zero attached hydrogens (tertiary/aromatic N) is 2. The number of anilines is 2. The average Bonchev–Trinajstić information content (AvgIpc) is 2.22. The molecule has 1 aromatic carbocycles. The molecule has 2 aliphatic heterocycles. The highest BCUT2D eigenvalue weighted by Gasteiger charge is 2.50. The van der Waals surface area contributed by atoms with E-state index in [0.717, 1.165) is 18.8 Å². The number of hydrogen-bond acceptors (Lipinski definition) is 4. The number of hydrogen-bond donors (Lipinski definition) is 1. The fourth-order valence-electron chi connectivity index (χ4n) is 3.14. The Morgan fingerprint density at radius 3 is 2.53 bits per heavy atom. The van der Waals surface area contributed by atoms with Crippen LogP contribution in [0.4, 0.5) is 11.4 Å². The summed E-state index contributed by atoms with van der Waals surface area (Å²) in [6.45, 7) is 4.78.